The molecule has 1 unspecified atom stereocenters. The minimum absolute atomic E-state index is 0.121. The van der Waals surface area contributed by atoms with Gasteiger partial charge in [-0.3, -0.25) is 0 Å². The maximum Gasteiger partial charge on any atom is 0.241 e. The second-order valence-corrected chi connectivity index (χ2v) is 7.96. The normalized spacial score (nSPS) is 14.3. The van der Waals surface area contributed by atoms with Gasteiger partial charge in [0, 0.05) is 12.6 Å². The van der Waals surface area contributed by atoms with E-state index in [0.29, 0.717) is 11.4 Å². The van der Waals surface area contributed by atoms with E-state index >= 15 is 0 Å². The third-order valence-corrected chi connectivity index (χ3v) is 5.37. The van der Waals surface area contributed by atoms with Gasteiger partial charge in [0.05, 0.1) is 4.90 Å². The molecular weight excluding hydrogens is 272 g/mol. The maximum absolute atomic E-state index is 12.5. The maximum atomic E-state index is 12.5. The topological polar surface area (TPSA) is 58.2 Å². The molecule has 0 fully saturated rings. The summed E-state index contributed by atoms with van der Waals surface area (Å²) in [6, 6.07) is 5.25. The standard InChI is InChI=1S/C15H26N2O2S/c1-11-13(10-16-6)8-7-9-14(11)20(18,19)17-12(2)15(3,4)5/h7-9,12,16-17H,10H2,1-6H3. The molecule has 0 amide bonds. The van der Waals surface area contributed by atoms with Crippen LogP contribution in [0.1, 0.15) is 38.8 Å². The number of hydrogen-bond acceptors (Lipinski definition) is 3. The Balaban J connectivity index is 3.14. The minimum Gasteiger partial charge on any atom is -0.316 e. The van der Waals surface area contributed by atoms with Gasteiger partial charge in [-0.05, 0) is 43.5 Å². The Bertz CT molecular complexity index is 560. The zero-order chi connectivity index (χ0) is 15.6. The van der Waals surface area contributed by atoms with Gasteiger partial charge in [-0.2, -0.15) is 0 Å². The summed E-state index contributed by atoms with van der Waals surface area (Å²) in [6.07, 6.45) is 0. The highest BCUT2D eigenvalue weighted by Gasteiger charge is 2.27. The summed E-state index contributed by atoms with van der Waals surface area (Å²) in [5.74, 6) is 0. The van der Waals surface area contributed by atoms with Crippen molar-refractivity contribution < 1.29 is 8.42 Å². The van der Waals surface area contributed by atoms with E-state index in [9.17, 15) is 8.42 Å². The third-order valence-electron chi connectivity index (χ3n) is 3.68. The molecule has 2 N–H and O–H groups in total. The van der Waals surface area contributed by atoms with Crippen LogP contribution in [0, 0.1) is 12.3 Å². The zero-order valence-corrected chi connectivity index (χ0v) is 14.1. The summed E-state index contributed by atoms with van der Waals surface area (Å²) in [4.78, 5) is 0.362. The van der Waals surface area contributed by atoms with E-state index in [2.05, 4.69) is 10.0 Å². The molecule has 0 aliphatic heterocycles. The molecule has 4 nitrogen and oxygen atoms in total. The van der Waals surface area contributed by atoms with Crippen molar-refractivity contribution in [2.75, 3.05) is 7.05 Å². The summed E-state index contributed by atoms with van der Waals surface area (Å²) < 4.78 is 27.8. The molecule has 0 spiro atoms. The predicted molar refractivity (Wildman–Crippen MR) is 83.2 cm³/mol. The van der Waals surface area contributed by atoms with Crippen molar-refractivity contribution in [2.45, 2.75) is 52.1 Å². The average molecular weight is 298 g/mol. The molecular formula is C15H26N2O2S. The Morgan fingerprint density at radius 2 is 1.85 bits per heavy atom. The highest BCUT2D eigenvalue weighted by atomic mass is 32.2. The van der Waals surface area contributed by atoms with Crippen molar-refractivity contribution in [3.05, 3.63) is 29.3 Å². The Labute approximate surface area is 123 Å². The van der Waals surface area contributed by atoms with Gasteiger partial charge in [0.2, 0.25) is 10.0 Å². The van der Waals surface area contributed by atoms with Crippen LogP contribution in [-0.2, 0) is 16.6 Å². The second-order valence-electron chi connectivity index (χ2n) is 6.28. The van der Waals surface area contributed by atoms with Crippen molar-refractivity contribution in [3.63, 3.8) is 0 Å². The molecule has 1 aromatic carbocycles. The highest BCUT2D eigenvalue weighted by Crippen LogP contribution is 2.23. The first kappa shape index (κ1) is 17.1. The lowest BCUT2D eigenvalue weighted by atomic mass is 9.89. The fourth-order valence-corrected chi connectivity index (χ4v) is 3.54. The van der Waals surface area contributed by atoms with E-state index in [1.165, 1.54) is 0 Å². The first-order chi connectivity index (χ1) is 9.09. The summed E-state index contributed by atoms with van der Waals surface area (Å²) >= 11 is 0. The van der Waals surface area contributed by atoms with Gasteiger partial charge in [-0.15, -0.1) is 0 Å². The molecule has 1 aromatic rings. The van der Waals surface area contributed by atoms with Crippen LogP contribution in [0.25, 0.3) is 0 Å². The smallest absolute Gasteiger partial charge is 0.241 e. The largest absolute Gasteiger partial charge is 0.316 e. The van der Waals surface area contributed by atoms with Crippen molar-refractivity contribution in [2.24, 2.45) is 5.41 Å². The fraction of sp³-hybridized carbons (Fsp3) is 0.600. The summed E-state index contributed by atoms with van der Waals surface area (Å²) in [5.41, 5.74) is 1.68. The summed E-state index contributed by atoms with van der Waals surface area (Å²) in [5, 5.41) is 3.05. The van der Waals surface area contributed by atoms with Crippen LogP contribution in [0.2, 0.25) is 0 Å². The summed E-state index contributed by atoms with van der Waals surface area (Å²) in [6.45, 7) is 10.5. The molecule has 0 heterocycles. The van der Waals surface area contributed by atoms with Crippen LogP contribution < -0.4 is 10.0 Å². The first-order valence-electron chi connectivity index (χ1n) is 6.85. The molecule has 1 rings (SSSR count). The lowest BCUT2D eigenvalue weighted by Gasteiger charge is -2.28. The lowest BCUT2D eigenvalue weighted by molar-refractivity contribution is 0.317. The van der Waals surface area contributed by atoms with Crippen LogP contribution in [-0.4, -0.2) is 21.5 Å². The molecule has 20 heavy (non-hydrogen) atoms. The minimum atomic E-state index is -3.49. The van der Waals surface area contributed by atoms with Gasteiger partial charge < -0.3 is 5.32 Å². The van der Waals surface area contributed by atoms with Gasteiger partial charge in [0.1, 0.15) is 0 Å². The van der Waals surface area contributed by atoms with Crippen molar-refractivity contribution in [1.29, 1.82) is 0 Å². The van der Waals surface area contributed by atoms with E-state index in [1.807, 2.05) is 47.7 Å². The monoisotopic (exact) mass is 298 g/mol. The number of benzene rings is 1. The van der Waals surface area contributed by atoms with Gasteiger partial charge in [0.25, 0.3) is 0 Å². The Kier molecular flexibility index (Phi) is 5.35. The molecule has 0 bridgehead atoms. The van der Waals surface area contributed by atoms with E-state index in [1.54, 1.807) is 12.1 Å². The molecule has 0 aliphatic carbocycles. The molecule has 0 aliphatic rings. The van der Waals surface area contributed by atoms with Crippen LogP contribution in [0.3, 0.4) is 0 Å². The van der Waals surface area contributed by atoms with Crippen LogP contribution in [0.4, 0.5) is 0 Å². The van der Waals surface area contributed by atoms with Crippen LogP contribution >= 0.6 is 0 Å². The number of sulfonamides is 1. The molecule has 0 saturated heterocycles. The van der Waals surface area contributed by atoms with Crippen molar-refractivity contribution in [3.8, 4) is 0 Å². The zero-order valence-electron chi connectivity index (χ0n) is 13.2. The van der Waals surface area contributed by atoms with Gasteiger partial charge in [0.15, 0.2) is 0 Å². The van der Waals surface area contributed by atoms with Crippen LogP contribution in [0.5, 0.6) is 0 Å². The Morgan fingerprint density at radius 1 is 1.25 bits per heavy atom. The highest BCUT2D eigenvalue weighted by molar-refractivity contribution is 7.89. The number of rotatable bonds is 5. The van der Waals surface area contributed by atoms with Gasteiger partial charge in [-0.25, -0.2) is 13.1 Å². The van der Waals surface area contributed by atoms with Crippen LogP contribution in [0.15, 0.2) is 23.1 Å². The number of nitrogens with one attached hydrogen (secondary N) is 2. The van der Waals surface area contributed by atoms with E-state index in [0.717, 1.165) is 11.1 Å². The Hall–Kier alpha value is -0.910. The van der Waals surface area contributed by atoms with E-state index in [4.69, 9.17) is 0 Å². The summed E-state index contributed by atoms with van der Waals surface area (Å²) in [7, 11) is -1.64. The fourth-order valence-electron chi connectivity index (χ4n) is 1.81. The Morgan fingerprint density at radius 3 is 2.35 bits per heavy atom. The first-order valence-corrected chi connectivity index (χ1v) is 8.33. The lowest BCUT2D eigenvalue weighted by Crippen LogP contribution is -2.41. The molecule has 0 radical (unpaired) electrons. The molecule has 0 aromatic heterocycles. The van der Waals surface area contributed by atoms with E-state index in [-0.39, 0.29) is 11.5 Å². The molecule has 5 heteroatoms. The van der Waals surface area contributed by atoms with E-state index < -0.39 is 10.0 Å². The van der Waals surface area contributed by atoms with Crippen molar-refractivity contribution >= 4 is 10.0 Å². The molecule has 114 valence electrons. The quantitative estimate of drug-likeness (QED) is 0.878. The average Bonchev–Trinajstić information content (AvgIpc) is 2.30. The second kappa shape index (κ2) is 6.24. The van der Waals surface area contributed by atoms with Crippen molar-refractivity contribution in [1.82, 2.24) is 10.0 Å². The molecule has 1 atom stereocenters. The third kappa shape index (κ3) is 4.04. The SMILES string of the molecule is CNCc1cccc(S(=O)(=O)NC(C)C(C)(C)C)c1C. The van der Waals surface area contributed by atoms with Gasteiger partial charge >= 0.3 is 0 Å². The predicted octanol–water partition coefficient (Wildman–Crippen LogP) is 2.43. The number of hydrogen-bond donors (Lipinski definition) is 2. The molecule has 0 saturated carbocycles. The van der Waals surface area contributed by atoms with Gasteiger partial charge in [-0.1, -0.05) is 32.9 Å².